The Morgan fingerprint density at radius 2 is 2.04 bits per heavy atom. The van der Waals surface area contributed by atoms with Crippen molar-refractivity contribution in [2.24, 2.45) is 0 Å². The Labute approximate surface area is 160 Å². The third-order valence-corrected chi connectivity index (χ3v) is 4.20. The highest BCUT2D eigenvalue weighted by Gasteiger charge is 2.14. The van der Waals surface area contributed by atoms with Crippen molar-refractivity contribution in [2.45, 2.75) is 45.1 Å². The number of aromatic nitrogens is 3. The van der Waals surface area contributed by atoms with Crippen molar-refractivity contribution in [3.63, 3.8) is 0 Å². The molecular weight excluding hydrogens is 361 g/mol. The van der Waals surface area contributed by atoms with Gasteiger partial charge in [0, 0.05) is 37.2 Å². The van der Waals surface area contributed by atoms with E-state index < -0.39 is 0 Å². The van der Waals surface area contributed by atoms with Gasteiger partial charge < -0.3 is 15.6 Å². The first-order valence-electron chi connectivity index (χ1n) is 8.29. The largest absolute Gasteiger partial charge is 0.399 e. The van der Waals surface area contributed by atoms with Gasteiger partial charge in [-0.25, -0.2) is 0 Å². The van der Waals surface area contributed by atoms with E-state index in [1.807, 2.05) is 0 Å². The van der Waals surface area contributed by atoms with Gasteiger partial charge in [-0.05, 0) is 37.5 Å². The number of nitrogen functional groups attached to an aromatic ring is 1. The minimum absolute atomic E-state index is 0. The highest BCUT2D eigenvalue weighted by atomic mass is 35.5. The second-order valence-corrected chi connectivity index (χ2v) is 5.98. The molecule has 0 fully saturated rings. The Morgan fingerprint density at radius 3 is 2.84 bits per heavy atom. The fourth-order valence-electron chi connectivity index (χ4n) is 2.96. The van der Waals surface area contributed by atoms with Gasteiger partial charge in [-0.2, -0.15) is 0 Å². The zero-order valence-electron chi connectivity index (χ0n) is 14.1. The number of carbonyl (C=O) groups is 1. The van der Waals surface area contributed by atoms with Crippen LogP contribution in [0.2, 0.25) is 0 Å². The maximum atomic E-state index is 12.0. The fourth-order valence-corrected chi connectivity index (χ4v) is 2.96. The molecule has 1 aromatic carbocycles. The van der Waals surface area contributed by atoms with Crippen molar-refractivity contribution in [1.29, 1.82) is 0 Å². The van der Waals surface area contributed by atoms with Crippen molar-refractivity contribution in [3.05, 3.63) is 41.5 Å². The van der Waals surface area contributed by atoms with Crippen molar-refractivity contribution in [2.75, 3.05) is 12.3 Å². The van der Waals surface area contributed by atoms with E-state index in [4.69, 9.17) is 5.73 Å². The first-order chi connectivity index (χ1) is 11.2. The molecule has 1 aliphatic heterocycles. The van der Waals surface area contributed by atoms with Gasteiger partial charge in [0.2, 0.25) is 0 Å². The lowest BCUT2D eigenvalue weighted by Crippen LogP contribution is -2.25. The molecule has 25 heavy (non-hydrogen) atoms. The molecule has 0 saturated carbocycles. The number of carbonyl (C=O) groups excluding carboxylic acids is 1. The SMILES string of the molecule is Cl.Cl.Nc1cccc(C(=O)NCCCc2nnc3n2CCCCC3)c1. The minimum atomic E-state index is -0.0858. The lowest BCUT2D eigenvalue weighted by molar-refractivity contribution is 0.0953. The zero-order valence-corrected chi connectivity index (χ0v) is 15.7. The van der Waals surface area contributed by atoms with E-state index >= 15 is 0 Å². The number of hydrogen-bond donors (Lipinski definition) is 2. The first kappa shape index (κ1) is 21.3. The second-order valence-electron chi connectivity index (χ2n) is 5.98. The van der Waals surface area contributed by atoms with Crippen LogP contribution in [0.15, 0.2) is 24.3 Å². The van der Waals surface area contributed by atoms with E-state index in [1.54, 1.807) is 24.3 Å². The van der Waals surface area contributed by atoms with Crippen LogP contribution >= 0.6 is 24.8 Å². The van der Waals surface area contributed by atoms with Crippen LogP contribution in [-0.2, 0) is 19.4 Å². The summed E-state index contributed by atoms with van der Waals surface area (Å²) >= 11 is 0. The Balaban J connectivity index is 0.00000156. The molecule has 6 nitrogen and oxygen atoms in total. The molecule has 0 saturated heterocycles. The summed E-state index contributed by atoms with van der Waals surface area (Å²) in [6.45, 7) is 1.64. The Morgan fingerprint density at radius 1 is 1.20 bits per heavy atom. The van der Waals surface area contributed by atoms with Crippen LogP contribution in [0.3, 0.4) is 0 Å². The highest BCUT2D eigenvalue weighted by molar-refractivity contribution is 5.94. The molecular formula is C17H25Cl2N5O. The van der Waals surface area contributed by atoms with Gasteiger partial charge in [-0.15, -0.1) is 35.0 Å². The highest BCUT2D eigenvalue weighted by Crippen LogP contribution is 2.15. The molecule has 8 heteroatoms. The lowest BCUT2D eigenvalue weighted by atomic mass is 10.2. The van der Waals surface area contributed by atoms with E-state index in [-0.39, 0.29) is 30.7 Å². The van der Waals surface area contributed by atoms with E-state index in [9.17, 15) is 4.79 Å². The molecule has 0 bridgehead atoms. The van der Waals surface area contributed by atoms with Crippen molar-refractivity contribution in [3.8, 4) is 0 Å². The molecule has 138 valence electrons. The van der Waals surface area contributed by atoms with Crippen LogP contribution < -0.4 is 11.1 Å². The number of anilines is 1. The molecule has 2 aromatic rings. The molecule has 1 aliphatic rings. The number of nitrogens with two attached hydrogens (primary N) is 1. The van der Waals surface area contributed by atoms with Gasteiger partial charge in [0.1, 0.15) is 11.6 Å². The topological polar surface area (TPSA) is 85.8 Å². The summed E-state index contributed by atoms with van der Waals surface area (Å²) in [6, 6.07) is 7.02. The molecule has 0 unspecified atom stereocenters. The molecule has 3 N–H and O–H groups in total. The third kappa shape index (κ3) is 5.61. The quantitative estimate of drug-likeness (QED) is 0.611. The van der Waals surface area contributed by atoms with Crippen LogP contribution in [0.25, 0.3) is 0 Å². The molecule has 0 spiro atoms. The molecule has 0 aliphatic carbocycles. The number of nitrogens with zero attached hydrogens (tertiary/aromatic N) is 3. The summed E-state index contributed by atoms with van der Waals surface area (Å²) in [5, 5.41) is 11.5. The summed E-state index contributed by atoms with van der Waals surface area (Å²) in [5.41, 5.74) is 6.89. The van der Waals surface area contributed by atoms with Gasteiger partial charge in [0.05, 0.1) is 0 Å². The molecule has 2 heterocycles. The number of nitrogens with one attached hydrogen (secondary N) is 1. The van der Waals surface area contributed by atoms with E-state index in [1.165, 1.54) is 19.3 Å². The van der Waals surface area contributed by atoms with E-state index in [0.29, 0.717) is 17.8 Å². The number of rotatable bonds is 5. The number of hydrogen-bond acceptors (Lipinski definition) is 4. The predicted octanol–water partition coefficient (Wildman–Crippen LogP) is 2.79. The van der Waals surface area contributed by atoms with Gasteiger partial charge in [0.15, 0.2) is 0 Å². The lowest BCUT2D eigenvalue weighted by Gasteiger charge is -2.08. The average molecular weight is 386 g/mol. The second kappa shape index (κ2) is 10.3. The maximum absolute atomic E-state index is 12.0. The van der Waals surface area contributed by atoms with Gasteiger partial charge in [0.25, 0.3) is 5.91 Å². The van der Waals surface area contributed by atoms with E-state index in [0.717, 1.165) is 37.5 Å². The molecule has 3 rings (SSSR count). The number of aryl methyl sites for hydroxylation is 2. The van der Waals surface area contributed by atoms with Crippen LogP contribution in [0.5, 0.6) is 0 Å². The fraction of sp³-hybridized carbons (Fsp3) is 0.471. The van der Waals surface area contributed by atoms with Crippen LogP contribution in [-0.4, -0.2) is 27.2 Å². The summed E-state index contributed by atoms with van der Waals surface area (Å²) < 4.78 is 2.26. The number of amides is 1. The summed E-state index contributed by atoms with van der Waals surface area (Å²) in [4.78, 5) is 12.0. The van der Waals surface area contributed by atoms with Gasteiger partial charge in [-0.3, -0.25) is 4.79 Å². The molecule has 0 atom stereocenters. The first-order valence-corrected chi connectivity index (χ1v) is 8.29. The standard InChI is InChI=1S/C17H23N5O.2ClH/c18-14-7-4-6-13(12-14)17(23)19-10-5-9-16-21-20-15-8-2-1-3-11-22(15)16;;/h4,6-7,12H,1-3,5,8-11,18H2,(H,19,23);2*1H. The number of halogens is 2. The monoisotopic (exact) mass is 385 g/mol. The van der Waals surface area contributed by atoms with Crippen molar-refractivity contribution < 1.29 is 4.79 Å². The van der Waals surface area contributed by atoms with Gasteiger partial charge in [-0.1, -0.05) is 12.5 Å². The summed E-state index contributed by atoms with van der Waals surface area (Å²) in [6.07, 6.45) is 6.38. The third-order valence-electron chi connectivity index (χ3n) is 4.20. The Kier molecular flexibility index (Phi) is 8.72. The predicted molar refractivity (Wildman–Crippen MR) is 104 cm³/mol. The Bertz CT molecular complexity index is 689. The summed E-state index contributed by atoms with van der Waals surface area (Å²) in [5.74, 6) is 2.07. The smallest absolute Gasteiger partial charge is 0.251 e. The number of fused-ring (bicyclic) bond motifs is 1. The number of benzene rings is 1. The normalized spacial score (nSPS) is 13.0. The van der Waals surface area contributed by atoms with Crippen molar-refractivity contribution in [1.82, 2.24) is 20.1 Å². The maximum Gasteiger partial charge on any atom is 0.251 e. The van der Waals surface area contributed by atoms with E-state index in [2.05, 4.69) is 20.1 Å². The molecule has 1 amide bonds. The van der Waals surface area contributed by atoms with Crippen LogP contribution in [0.1, 0.15) is 47.7 Å². The van der Waals surface area contributed by atoms with Gasteiger partial charge >= 0.3 is 0 Å². The summed E-state index contributed by atoms with van der Waals surface area (Å²) in [7, 11) is 0. The molecule has 0 radical (unpaired) electrons. The van der Waals surface area contributed by atoms with Crippen LogP contribution in [0, 0.1) is 0 Å². The minimum Gasteiger partial charge on any atom is -0.399 e. The zero-order chi connectivity index (χ0) is 16.1. The average Bonchev–Trinajstić information content (AvgIpc) is 2.78. The van der Waals surface area contributed by atoms with Crippen LogP contribution in [0.4, 0.5) is 5.69 Å². The van der Waals surface area contributed by atoms with Crippen molar-refractivity contribution >= 4 is 36.4 Å². The Hall–Kier alpha value is -1.79. The molecule has 1 aromatic heterocycles.